The van der Waals surface area contributed by atoms with Gasteiger partial charge >= 0.3 is 0 Å². The third-order valence-electron chi connectivity index (χ3n) is 2.04. The summed E-state index contributed by atoms with van der Waals surface area (Å²) in [5.74, 6) is 1.05. The summed E-state index contributed by atoms with van der Waals surface area (Å²) in [5.41, 5.74) is 0. The van der Waals surface area contributed by atoms with Crippen LogP contribution in [0.25, 0.3) is 0 Å². The monoisotopic (exact) mass is 313 g/mol. The molecule has 17 heavy (non-hydrogen) atoms. The van der Waals surface area contributed by atoms with Gasteiger partial charge in [-0.1, -0.05) is 40.7 Å². The van der Waals surface area contributed by atoms with E-state index in [0.717, 1.165) is 16.7 Å². The molecule has 1 aromatic rings. The molecular formula is C13H16BrNOS. The van der Waals surface area contributed by atoms with Crippen molar-refractivity contribution in [2.75, 3.05) is 12.3 Å². The van der Waals surface area contributed by atoms with Crippen LogP contribution in [0.1, 0.15) is 12.8 Å². The number of hydrogen-bond acceptors (Lipinski definition) is 2. The number of amides is 1. The molecule has 1 aromatic carbocycles. The zero-order valence-electron chi connectivity index (χ0n) is 9.62. The second-order valence-electron chi connectivity index (χ2n) is 3.56. The van der Waals surface area contributed by atoms with Crippen LogP contribution in [-0.4, -0.2) is 18.2 Å². The Morgan fingerprint density at radius 3 is 2.71 bits per heavy atom. The molecule has 0 aliphatic rings. The molecule has 0 heterocycles. The van der Waals surface area contributed by atoms with Crippen LogP contribution in [0, 0.1) is 0 Å². The number of carbonyl (C=O) groups is 1. The van der Waals surface area contributed by atoms with Crippen molar-refractivity contribution in [3.05, 3.63) is 41.4 Å². The van der Waals surface area contributed by atoms with E-state index >= 15 is 0 Å². The Balaban J connectivity index is 2.08. The van der Waals surface area contributed by atoms with Gasteiger partial charge in [-0.2, -0.15) is 0 Å². The molecule has 92 valence electrons. The van der Waals surface area contributed by atoms with Gasteiger partial charge in [-0.25, -0.2) is 0 Å². The van der Waals surface area contributed by atoms with E-state index in [2.05, 4.69) is 40.0 Å². The highest BCUT2D eigenvalue weighted by molar-refractivity contribution is 9.11. The molecule has 0 aromatic heterocycles. The van der Waals surface area contributed by atoms with E-state index in [1.807, 2.05) is 18.2 Å². The summed E-state index contributed by atoms with van der Waals surface area (Å²) in [5, 5.41) is 2.79. The van der Waals surface area contributed by atoms with Crippen LogP contribution in [0.3, 0.4) is 0 Å². The summed E-state index contributed by atoms with van der Waals surface area (Å²) in [6.45, 7) is 4.17. The maximum Gasteiger partial charge on any atom is 0.220 e. The third-order valence-corrected chi connectivity index (χ3v) is 3.42. The fraction of sp³-hybridized carbons (Fsp3) is 0.308. The van der Waals surface area contributed by atoms with E-state index in [0.29, 0.717) is 13.0 Å². The summed E-state index contributed by atoms with van der Waals surface area (Å²) in [6, 6.07) is 10.2. The number of carbonyl (C=O) groups excluding carboxylic acids is 1. The van der Waals surface area contributed by atoms with E-state index < -0.39 is 0 Å². The van der Waals surface area contributed by atoms with Crippen LogP contribution < -0.4 is 5.32 Å². The van der Waals surface area contributed by atoms with Crippen LogP contribution in [0.5, 0.6) is 0 Å². The lowest BCUT2D eigenvalue weighted by Gasteiger charge is -2.04. The fourth-order valence-electron chi connectivity index (χ4n) is 1.22. The number of benzene rings is 1. The molecule has 1 amide bonds. The van der Waals surface area contributed by atoms with Crippen LogP contribution in [-0.2, 0) is 4.79 Å². The number of nitrogens with one attached hydrogen (secondary N) is 1. The van der Waals surface area contributed by atoms with Crippen molar-refractivity contribution in [2.24, 2.45) is 0 Å². The van der Waals surface area contributed by atoms with Gasteiger partial charge in [0.2, 0.25) is 5.91 Å². The van der Waals surface area contributed by atoms with Gasteiger partial charge in [0.15, 0.2) is 0 Å². The highest BCUT2D eigenvalue weighted by Gasteiger charge is 2.01. The van der Waals surface area contributed by atoms with Crippen molar-refractivity contribution in [1.29, 1.82) is 0 Å². The van der Waals surface area contributed by atoms with Gasteiger partial charge in [0.25, 0.3) is 0 Å². The van der Waals surface area contributed by atoms with E-state index in [1.165, 1.54) is 4.90 Å². The average Bonchev–Trinajstić information content (AvgIpc) is 2.33. The largest absolute Gasteiger partial charge is 0.352 e. The lowest BCUT2D eigenvalue weighted by atomic mass is 10.3. The first-order chi connectivity index (χ1) is 8.18. The van der Waals surface area contributed by atoms with E-state index in [4.69, 9.17) is 0 Å². The minimum atomic E-state index is 0.0826. The van der Waals surface area contributed by atoms with Crippen LogP contribution in [0.4, 0.5) is 0 Å². The number of halogens is 1. The van der Waals surface area contributed by atoms with Gasteiger partial charge < -0.3 is 5.32 Å². The first-order valence-electron chi connectivity index (χ1n) is 5.46. The molecule has 0 unspecified atom stereocenters. The predicted molar refractivity (Wildman–Crippen MR) is 77.5 cm³/mol. The minimum Gasteiger partial charge on any atom is -0.352 e. The normalized spacial score (nSPS) is 9.94. The third kappa shape index (κ3) is 7.23. The number of rotatable bonds is 7. The van der Waals surface area contributed by atoms with Crippen LogP contribution in [0.15, 0.2) is 46.3 Å². The van der Waals surface area contributed by atoms with E-state index in [-0.39, 0.29) is 5.91 Å². The summed E-state index contributed by atoms with van der Waals surface area (Å²) in [7, 11) is 0. The molecule has 0 bridgehead atoms. The second kappa shape index (κ2) is 8.37. The van der Waals surface area contributed by atoms with Gasteiger partial charge in [-0.15, -0.1) is 11.8 Å². The average molecular weight is 314 g/mol. The summed E-state index contributed by atoms with van der Waals surface area (Å²) in [6.07, 6.45) is 1.46. The van der Waals surface area contributed by atoms with Crippen molar-refractivity contribution in [3.63, 3.8) is 0 Å². The molecule has 0 saturated carbocycles. The zero-order valence-corrected chi connectivity index (χ0v) is 12.0. The summed E-state index contributed by atoms with van der Waals surface area (Å²) >= 11 is 4.98. The highest BCUT2D eigenvalue weighted by atomic mass is 79.9. The smallest absolute Gasteiger partial charge is 0.220 e. The lowest BCUT2D eigenvalue weighted by molar-refractivity contribution is -0.120. The summed E-state index contributed by atoms with van der Waals surface area (Å²) in [4.78, 5) is 12.6. The first-order valence-corrected chi connectivity index (χ1v) is 7.24. The Morgan fingerprint density at radius 2 is 2.06 bits per heavy atom. The fourth-order valence-corrected chi connectivity index (χ4v) is 2.24. The quantitative estimate of drug-likeness (QED) is 0.615. The maximum absolute atomic E-state index is 11.4. The molecule has 0 aliphatic carbocycles. The molecule has 0 saturated heterocycles. The first kappa shape index (κ1) is 14.3. The van der Waals surface area contributed by atoms with Crippen molar-refractivity contribution in [1.82, 2.24) is 5.32 Å². The molecule has 2 nitrogen and oxygen atoms in total. The van der Waals surface area contributed by atoms with Gasteiger partial charge in [0.05, 0.1) is 0 Å². The molecule has 0 atom stereocenters. The molecule has 0 spiro atoms. The topological polar surface area (TPSA) is 29.1 Å². The second-order valence-corrected chi connectivity index (χ2v) is 5.85. The van der Waals surface area contributed by atoms with Gasteiger partial charge in [-0.3, -0.25) is 4.79 Å². The standard InChI is InChI=1S/C13H16BrNOS/c1-11(14)10-15-13(16)8-5-9-17-12-6-3-2-4-7-12/h2-4,6-7H,1,5,8-10H2,(H,15,16). The maximum atomic E-state index is 11.4. The molecule has 0 aliphatic heterocycles. The Morgan fingerprint density at radius 1 is 1.35 bits per heavy atom. The zero-order chi connectivity index (χ0) is 12.5. The van der Waals surface area contributed by atoms with Crippen molar-refractivity contribution in [3.8, 4) is 0 Å². The minimum absolute atomic E-state index is 0.0826. The Kier molecular flexibility index (Phi) is 7.05. The van der Waals surface area contributed by atoms with E-state index in [1.54, 1.807) is 11.8 Å². The van der Waals surface area contributed by atoms with Gasteiger partial charge in [0.1, 0.15) is 0 Å². The Labute approximate surface area is 115 Å². The molecule has 4 heteroatoms. The number of hydrogen-bond donors (Lipinski definition) is 1. The Hall–Kier alpha value is -0.740. The lowest BCUT2D eigenvalue weighted by Crippen LogP contribution is -2.24. The van der Waals surface area contributed by atoms with Gasteiger partial charge in [-0.05, 0) is 24.3 Å². The van der Waals surface area contributed by atoms with Crippen LogP contribution in [0.2, 0.25) is 0 Å². The molecule has 1 N–H and O–H groups in total. The van der Waals surface area contributed by atoms with Gasteiger partial charge in [0, 0.05) is 22.3 Å². The van der Waals surface area contributed by atoms with Crippen molar-refractivity contribution >= 4 is 33.6 Å². The highest BCUT2D eigenvalue weighted by Crippen LogP contribution is 2.18. The molecule has 0 fully saturated rings. The predicted octanol–water partition coefficient (Wildman–Crippen LogP) is 3.58. The van der Waals surface area contributed by atoms with Crippen molar-refractivity contribution < 1.29 is 4.79 Å². The van der Waals surface area contributed by atoms with Crippen molar-refractivity contribution in [2.45, 2.75) is 17.7 Å². The molecule has 0 radical (unpaired) electrons. The summed E-state index contributed by atoms with van der Waals surface area (Å²) < 4.78 is 0.796. The molecule has 1 rings (SSSR count). The van der Waals surface area contributed by atoms with Crippen LogP contribution >= 0.6 is 27.7 Å². The van der Waals surface area contributed by atoms with E-state index in [9.17, 15) is 4.79 Å². The SMILES string of the molecule is C=C(Br)CNC(=O)CCCSc1ccccc1. The Bertz CT molecular complexity index is 367. The number of thioether (sulfide) groups is 1. The molecular weight excluding hydrogens is 298 g/mol.